The largest absolute Gasteiger partial charge is 0.388 e. The standard InChI is InChI=1S/C6H13BO2/c1-5(2,8)6(9)3-7-4-6/h7-9H,3-4H2,1-2H3. The molecule has 1 aliphatic rings. The molecule has 0 aromatic heterocycles. The molecule has 1 fully saturated rings. The minimum Gasteiger partial charge on any atom is -0.388 e. The summed E-state index contributed by atoms with van der Waals surface area (Å²) in [6.07, 6.45) is 1.49. The average Bonchev–Trinajstić information content (AvgIpc) is 1.57. The predicted molar refractivity (Wildman–Crippen MR) is 38.0 cm³/mol. The maximum atomic E-state index is 9.50. The molecule has 1 saturated heterocycles. The molecule has 0 saturated carbocycles. The first kappa shape index (κ1) is 7.10. The van der Waals surface area contributed by atoms with Crippen LogP contribution in [0.2, 0.25) is 12.6 Å². The molecule has 3 heteroatoms. The third-order valence-corrected chi connectivity index (χ3v) is 2.32. The van der Waals surface area contributed by atoms with Crippen LogP contribution >= 0.6 is 0 Å². The Balaban J connectivity index is 2.59. The zero-order valence-corrected chi connectivity index (χ0v) is 6.02. The van der Waals surface area contributed by atoms with Crippen molar-refractivity contribution in [2.45, 2.75) is 37.7 Å². The molecule has 0 unspecified atom stereocenters. The van der Waals surface area contributed by atoms with Gasteiger partial charge >= 0.3 is 0 Å². The van der Waals surface area contributed by atoms with Crippen molar-refractivity contribution in [2.75, 3.05) is 0 Å². The fourth-order valence-electron chi connectivity index (χ4n) is 1.12. The Morgan fingerprint density at radius 3 is 1.89 bits per heavy atom. The van der Waals surface area contributed by atoms with E-state index in [4.69, 9.17) is 0 Å². The molecule has 2 nitrogen and oxygen atoms in total. The summed E-state index contributed by atoms with van der Waals surface area (Å²) in [5.74, 6) is 0. The molecule has 0 atom stereocenters. The molecule has 52 valence electrons. The van der Waals surface area contributed by atoms with Crippen molar-refractivity contribution in [3.63, 3.8) is 0 Å². The van der Waals surface area contributed by atoms with E-state index in [1.165, 1.54) is 0 Å². The molecule has 9 heavy (non-hydrogen) atoms. The normalized spacial score (nSPS) is 24.4. The van der Waals surface area contributed by atoms with Crippen molar-refractivity contribution in [3.05, 3.63) is 0 Å². The van der Waals surface area contributed by atoms with Crippen LogP contribution in [0, 0.1) is 0 Å². The van der Waals surface area contributed by atoms with E-state index >= 15 is 0 Å². The molecule has 0 amide bonds. The first-order valence-electron chi connectivity index (χ1n) is 3.40. The van der Waals surface area contributed by atoms with Crippen LogP contribution in [0.1, 0.15) is 13.8 Å². The van der Waals surface area contributed by atoms with E-state index in [0.717, 1.165) is 19.9 Å². The minimum atomic E-state index is -0.911. The molecular formula is C6H13BO2. The second-order valence-corrected chi connectivity index (χ2v) is 3.44. The van der Waals surface area contributed by atoms with E-state index < -0.39 is 11.2 Å². The van der Waals surface area contributed by atoms with Crippen molar-refractivity contribution in [1.29, 1.82) is 0 Å². The summed E-state index contributed by atoms with van der Waals surface area (Å²) in [6, 6.07) is 0. The summed E-state index contributed by atoms with van der Waals surface area (Å²) in [7, 11) is 1.04. The summed E-state index contributed by atoms with van der Waals surface area (Å²) in [4.78, 5) is 0. The van der Waals surface area contributed by atoms with Gasteiger partial charge in [0.2, 0.25) is 0 Å². The van der Waals surface area contributed by atoms with Crippen LogP contribution < -0.4 is 0 Å². The van der Waals surface area contributed by atoms with E-state index in [2.05, 4.69) is 0 Å². The van der Waals surface area contributed by atoms with Crippen LogP contribution in [0.4, 0.5) is 0 Å². The van der Waals surface area contributed by atoms with Crippen molar-refractivity contribution in [3.8, 4) is 0 Å². The first-order valence-corrected chi connectivity index (χ1v) is 3.40. The van der Waals surface area contributed by atoms with Gasteiger partial charge in [-0.25, -0.2) is 0 Å². The minimum absolute atomic E-state index is 0.747. The Labute approximate surface area is 56.1 Å². The molecule has 0 spiro atoms. The SMILES string of the molecule is CC(C)(O)C1(O)CBC1. The highest BCUT2D eigenvalue weighted by molar-refractivity contribution is 6.40. The summed E-state index contributed by atoms with van der Waals surface area (Å²) >= 11 is 0. The van der Waals surface area contributed by atoms with Gasteiger partial charge in [-0.2, -0.15) is 0 Å². The van der Waals surface area contributed by atoms with E-state index in [9.17, 15) is 10.2 Å². The van der Waals surface area contributed by atoms with Gasteiger partial charge in [0, 0.05) is 0 Å². The molecule has 0 aliphatic carbocycles. The van der Waals surface area contributed by atoms with Gasteiger partial charge < -0.3 is 10.2 Å². The van der Waals surface area contributed by atoms with Crippen LogP contribution in [0.25, 0.3) is 0 Å². The smallest absolute Gasteiger partial charge is 0.128 e. The molecule has 1 aliphatic heterocycles. The van der Waals surface area contributed by atoms with Gasteiger partial charge in [0.25, 0.3) is 0 Å². The Morgan fingerprint density at radius 1 is 1.44 bits per heavy atom. The van der Waals surface area contributed by atoms with Crippen LogP contribution in [0.5, 0.6) is 0 Å². The third-order valence-electron chi connectivity index (χ3n) is 2.32. The second-order valence-electron chi connectivity index (χ2n) is 3.44. The molecule has 1 heterocycles. The lowest BCUT2D eigenvalue weighted by molar-refractivity contribution is -0.117. The maximum Gasteiger partial charge on any atom is 0.128 e. The van der Waals surface area contributed by atoms with Gasteiger partial charge in [0.05, 0.1) is 11.2 Å². The maximum absolute atomic E-state index is 9.50. The molecule has 0 radical (unpaired) electrons. The fraction of sp³-hybridized carbons (Fsp3) is 1.00. The van der Waals surface area contributed by atoms with Crippen LogP contribution in [-0.2, 0) is 0 Å². The zero-order chi connectivity index (χ0) is 7.12. The van der Waals surface area contributed by atoms with Crippen LogP contribution in [0.3, 0.4) is 0 Å². The fourth-order valence-corrected chi connectivity index (χ4v) is 1.12. The Hall–Kier alpha value is -0.0151. The number of rotatable bonds is 1. The average molecular weight is 128 g/mol. The summed E-state index contributed by atoms with van der Waals surface area (Å²) < 4.78 is 0. The Kier molecular flexibility index (Phi) is 1.37. The first-order chi connectivity index (χ1) is 3.96. The van der Waals surface area contributed by atoms with Gasteiger partial charge in [-0.3, -0.25) is 0 Å². The van der Waals surface area contributed by atoms with Crippen LogP contribution in [-0.4, -0.2) is 28.7 Å². The monoisotopic (exact) mass is 128 g/mol. The van der Waals surface area contributed by atoms with E-state index in [0.29, 0.717) is 0 Å². The van der Waals surface area contributed by atoms with Crippen LogP contribution in [0.15, 0.2) is 0 Å². The molecule has 1 rings (SSSR count). The van der Waals surface area contributed by atoms with Gasteiger partial charge in [-0.1, -0.05) is 0 Å². The summed E-state index contributed by atoms with van der Waals surface area (Å²) in [5.41, 5.74) is -1.70. The lowest BCUT2D eigenvalue weighted by Crippen LogP contribution is -2.56. The number of aliphatic hydroxyl groups is 2. The van der Waals surface area contributed by atoms with Gasteiger partial charge in [-0.05, 0) is 26.5 Å². The topological polar surface area (TPSA) is 40.5 Å². The van der Waals surface area contributed by atoms with Gasteiger partial charge in [0.15, 0.2) is 0 Å². The summed E-state index contributed by atoms with van der Waals surface area (Å²) in [5, 5.41) is 18.8. The van der Waals surface area contributed by atoms with Gasteiger partial charge in [0.1, 0.15) is 7.28 Å². The highest BCUT2D eigenvalue weighted by atomic mass is 16.4. The van der Waals surface area contributed by atoms with E-state index in [1.54, 1.807) is 13.8 Å². The highest BCUT2D eigenvalue weighted by Gasteiger charge is 2.46. The highest BCUT2D eigenvalue weighted by Crippen LogP contribution is 2.37. The lowest BCUT2D eigenvalue weighted by Gasteiger charge is -2.45. The predicted octanol–water partition coefficient (Wildman–Crippen LogP) is -0.225. The van der Waals surface area contributed by atoms with E-state index in [1.807, 2.05) is 0 Å². The van der Waals surface area contributed by atoms with Crippen molar-refractivity contribution >= 4 is 7.28 Å². The van der Waals surface area contributed by atoms with Gasteiger partial charge in [-0.15, -0.1) is 0 Å². The number of hydrogen-bond acceptors (Lipinski definition) is 2. The third kappa shape index (κ3) is 0.991. The molecule has 0 aromatic carbocycles. The Bertz CT molecular complexity index is 113. The van der Waals surface area contributed by atoms with Crippen molar-refractivity contribution in [1.82, 2.24) is 0 Å². The van der Waals surface area contributed by atoms with Crippen molar-refractivity contribution in [2.24, 2.45) is 0 Å². The molecular weight excluding hydrogens is 115 g/mol. The second kappa shape index (κ2) is 1.73. The zero-order valence-electron chi connectivity index (χ0n) is 6.02. The van der Waals surface area contributed by atoms with Crippen molar-refractivity contribution < 1.29 is 10.2 Å². The quantitative estimate of drug-likeness (QED) is 0.479. The number of hydrogen-bond donors (Lipinski definition) is 2. The molecule has 0 aromatic rings. The summed E-state index contributed by atoms with van der Waals surface area (Å²) in [6.45, 7) is 3.32. The lowest BCUT2D eigenvalue weighted by atomic mass is 9.44. The van der Waals surface area contributed by atoms with E-state index in [-0.39, 0.29) is 0 Å². The Morgan fingerprint density at radius 2 is 1.89 bits per heavy atom. The molecule has 0 bridgehead atoms. The molecule has 2 N–H and O–H groups in total.